The van der Waals surface area contributed by atoms with E-state index in [1.54, 1.807) is 6.07 Å². The lowest BCUT2D eigenvalue weighted by Gasteiger charge is -2.07. The molecule has 0 spiro atoms. The summed E-state index contributed by atoms with van der Waals surface area (Å²) >= 11 is 5.95. The zero-order chi connectivity index (χ0) is 11.6. The van der Waals surface area contributed by atoms with Crippen molar-refractivity contribution < 1.29 is 8.42 Å². The van der Waals surface area contributed by atoms with Gasteiger partial charge >= 0.3 is 0 Å². The van der Waals surface area contributed by atoms with Crippen LogP contribution in [-0.2, 0) is 15.5 Å². The predicted molar refractivity (Wildman–Crippen MR) is 64.3 cm³/mol. The number of aryl methyl sites for hydroxylation is 3. The highest BCUT2D eigenvalue weighted by molar-refractivity contribution is 8.13. The zero-order valence-corrected chi connectivity index (χ0v) is 10.9. The fourth-order valence-electron chi connectivity index (χ4n) is 1.37. The number of benzene rings is 1. The van der Waals surface area contributed by atoms with Crippen molar-refractivity contribution in [2.75, 3.05) is 5.75 Å². The van der Waals surface area contributed by atoms with Gasteiger partial charge in [-0.15, -0.1) is 0 Å². The van der Waals surface area contributed by atoms with Gasteiger partial charge in [-0.3, -0.25) is 0 Å². The van der Waals surface area contributed by atoms with E-state index in [0.29, 0.717) is 11.4 Å². The number of hydrogen-bond donors (Lipinski definition) is 0. The van der Waals surface area contributed by atoms with Crippen LogP contribution in [0.2, 0.25) is 5.02 Å². The molecule has 0 heterocycles. The first-order valence-corrected chi connectivity index (χ1v) is 7.33. The Hall–Kier alpha value is -0.250. The van der Waals surface area contributed by atoms with E-state index in [4.69, 9.17) is 22.3 Å². The predicted octanol–water partition coefficient (Wildman–Crippen LogP) is 3.07. The van der Waals surface area contributed by atoms with Crippen molar-refractivity contribution >= 4 is 31.3 Å². The Bertz CT molecular complexity index is 467. The minimum atomic E-state index is -3.43. The molecule has 15 heavy (non-hydrogen) atoms. The average Bonchev–Trinajstić information content (AvgIpc) is 2.07. The second kappa shape index (κ2) is 4.73. The van der Waals surface area contributed by atoms with Gasteiger partial charge in [-0.05, 0) is 43.0 Å². The Labute approximate surface area is 99.6 Å². The SMILES string of the molecule is Cc1cc(C)c(CCS(=O)(=O)Cl)cc1Cl. The molecule has 0 amide bonds. The normalized spacial score (nSPS) is 11.7. The summed E-state index contributed by atoms with van der Waals surface area (Å²) in [5.41, 5.74) is 2.96. The van der Waals surface area contributed by atoms with E-state index in [0.717, 1.165) is 16.7 Å². The van der Waals surface area contributed by atoms with Crippen LogP contribution in [0.25, 0.3) is 0 Å². The summed E-state index contributed by atoms with van der Waals surface area (Å²) in [4.78, 5) is 0. The third kappa shape index (κ3) is 4.01. The highest BCUT2D eigenvalue weighted by Crippen LogP contribution is 2.21. The van der Waals surface area contributed by atoms with Crippen molar-refractivity contribution in [1.82, 2.24) is 0 Å². The van der Waals surface area contributed by atoms with Crippen LogP contribution in [-0.4, -0.2) is 14.2 Å². The Balaban J connectivity index is 2.91. The average molecular weight is 267 g/mol. The lowest BCUT2D eigenvalue weighted by Crippen LogP contribution is -2.02. The standard InChI is InChI=1S/C10H12Cl2O2S/c1-7-5-8(2)10(11)6-9(7)3-4-15(12,13)14/h5-6H,3-4H2,1-2H3. The first kappa shape index (κ1) is 12.8. The van der Waals surface area contributed by atoms with Gasteiger partial charge in [0.05, 0.1) is 5.75 Å². The van der Waals surface area contributed by atoms with Gasteiger partial charge in [0.2, 0.25) is 9.05 Å². The van der Waals surface area contributed by atoms with E-state index >= 15 is 0 Å². The van der Waals surface area contributed by atoms with Crippen LogP contribution in [0.15, 0.2) is 12.1 Å². The van der Waals surface area contributed by atoms with E-state index in [1.165, 1.54) is 0 Å². The molecular weight excluding hydrogens is 255 g/mol. The summed E-state index contributed by atoms with van der Waals surface area (Å²) in [5.74, 6) is -0.0607. The Morgan fingerprint density at radius 2 is 1.80 bits per heavy atom. The Morgan fingerprint density at radius 1 is 1.20 bits per heavy atom. The molecule has 2 nitrogen and oxygen atoms in total. The number of rotatable bonds is 3. The van der Waals surface area contributed by atoms with Crippen molar-refractivity contribution in [3.8, 4) is 0 Å². The van der Waals surface area contributed by atoms with E-state index in [-0.39, 0.29) is 5.75 Å². The topological polar surface area (TPSA) is 34.1 Å². The molecule has 0 radical (unpaired) electrons. The van der Waals surface area contributed by atoms with E-state index < -0.39 is 9.05 Å². The first-order chi connectivity index (χ1) is 6.79. The largest absolute Gasteiger partial charge is 0.232 e. The fourth-order valence-corrected chi connectivity index (χ4v) is 2.25. The van der Waals surface area contributed by atoms with Gasteiger partial charge in [0.15, 0.2) is 0 Å². The highest BCUT2D eigenvalue weighted by atomic mass is 35.7. The van der Waals surface area contributed by atoms with Gasteiger partial charge in [-0.1, -0.05) is 17.7 Å². The molecule has 0 aromatic heterocycles. The zero-order valence-electron chi connectivity index (χ0n) is 8.55. The molecular formula is C10H12Cl2O2S. The van der Waals surface area contributed by atoms with Crippen molar-refractivity contribution in [3.05, 3.63) is 33.8 Å². The monoisotopic (exact) mass is 266 g/mol. The Morgan fingerprint density at radius 3 is 2.33 bits per heavy atom. The molecule has 0 bridgehead atoms. The van der Waals surface area contributed by atoms with E-state index in [9.17, 15) is 8.42 Å². The van der Waals surface area contributed by atoms with Crippen molar-refractivity contribution in [1.29, 1.82) is 0 Å². The maximum Gasteiger partial charge on any atom is 0.232 e. The van der Waals surface area contributed by atoms with Gasteiger partial charge in [0, 0.05) is 15.7 Å². The molecule has 5 heteroatoms. The third-order valence-corrected chi connectivity index (χ3v) is 3.79. The molecule has 1 aromatic carbocycles. The molecule has 0 aliphatic carbocycles. The maximum absolute atomic E-state index is 10.8. The smallest absolute Gasteiger partial charge is 0.212 e. The van der Waals surface area contributed by atoms with Crippen molar-refractivity contribution in [2.24, 2.45) is 0 Å². The van der Waals surface area contributed by atoms with Crippen molar-refractivity contribution in [2.45, 2.75) is 20.3 Å². The minimum absolute atomic E-state index is 0.0607. The van der Waals surface area contributed by atoms with Crippen LogP contribution >= 0.6 is 22.3 Å². The van der Waals surface area contributed by atoms with Crippen LogP contribution in [0.4, 0.5) is 0 Å². The molecule has 0 aliphatic rings. The fraction of sp³-hybridized carbons (Fsp3) is 0.400. The summed E-state index contributed by atoms with van der Waals surface area (Å²) in [5, 5.41) is 0.655. The third-order valence-electron chi connectivity index (χ3n) is 2.23. The molecule has 0 unspecified atom stereocenters. The molecule has 0 saturated carbocycles. The van der Waals surface area contributed by atoms with Crippen LogP contribution in [0.5, 0.6) is 0 Å². The van der Waals surface area contributed by atoms with Crippen LogP contribution in [0, 0.1) is 13.8 Å². The van der Waals surface area contributed by atoms with Crippen molar-refractivity contribution in [3.63, 3.8) is 0 Å². The summed E-state index contributed by atoms with van der Waals surface area (Å²) in [7, 11) is 1.71. The summed E-state index contributed by atoms with van der Waals surface area (Å²) in [6.07, 6.45) is 0.400. The van der Waals surface area contributed by atoms with Gasteiger partial charge in [-0.2, -0.15) is 0 Å². The minimum Gasteiger partial charge on any atom is -0.212 e. The summed E-state index contributed by atoms with van der Waals surface area (Å²) in [6.45, 7) is 3.84. The first-order valence-electron chi connectivity index (χ1n) is 4.47. The molecule has 0 atom stereocenters. The molecule has 0 aliphatic heterocycles. The summed E-state index contributed by atoms with van der Waals surface area (Å²) in [6, 6.07) is 3.74. The van der Waals surface area contributed by atoms with Crippen LogP contribution < -0.4 is 0 Å². The lowest BCUT2D eigenvalue weighted by atomic mass is 10.0. The molecule has 0 saturated heterocycles. The summed E-state index contributed by atoms with van der Waals surface area (Å²) < 4.78 is 21.6. The van der Waals surface area contributed by atoms with Crippen LogP contribution in [0.1, 0.15) is 16.7 Å². The maximum atomic E-state index is 10.8. The number of hydrogen-bond acceptors (Lipinski definition) is 2. The highest BCUT2D eigenvalue weighted by Gasteiger charge is 2.08. The van der Waals surface area contributed by atoms with Gasteiger partial charge in [0.1, 0.15) is 0 Å². The van der Waals surface area contributed by atoms with E-state index in [2.05, 4.69) is 0 Å². The van der Waals surface area contributed by atoms with Gasteiger partial charge < -0.3 is 0 Å². The van der Waals surface area contributed by atoms with E-state index in [1.807, 2.05) is 19.9 Å². The van der Waals surface area contributed by atoms with Gasteiger partial charge in [0.25, 0.3) is 0 Å². The molecule has 84 valence electrons. The molecule has 1 rings (SSSR count). The second-order valence-electron chi connectivity index (χ2n) is 3.52. The van der Waals surface area contributed by atoms with Crippen LogP contribution in [0.3, 0.4) is 0 Å². The molecule has 0 N–H and O–H groups in total. The molecule has 1 aromatic rings. The second-order valence-corrected chi connectivity index (χ2v) is 6.82. The molecule has 0 fully saturated rings. The quantitative estimate of drug-likeness (QED) is 0.789. The lowest BCUT2D eigenvalue weighted by molar-refractivity contribution is 0.609. The number of halogens is 2. The Kier molecular flexibility index (Phi) is 4.04. The van der Waals surface area contributed by atoms with Gasteiger partial charge in [-0.25, -0.2) is 8.42 Å².